The third-order valence-electron chi connectivity index (χ3n) is 3.33. The van der Waals surface area contributed by atoms with E-state index in [0.29, 0.717) is 6.54 Å². The van der Waals surface area contributed by atoms with Crippen molar-refractivity contribution >= 4 is 12.1 Å². The van der Waals surface area contributed by atoms with Crippen LogP contribution in [0.2, 0.25) is 0 Å². The first-order valence-corrected chi connectivity index (χ1v) is 7.19. The number of amides is 1. The molecule has 0 spiro atoms. The van der Waals surface area contributed by atoms with Gasteiger partial charge in [0.2, 0.25) is 0 Å². The number of carbonyl (C=O) groups is 2. The number of ether oxygens (including phenoxy) is 1. The first kappa shape index (κ1) is 16.8. The Balaban J connectivity index is 2.71. The van der Waals surface area contributed by atoms with Gasteiger partial charge >= 0.3 is 12.1 Å². The molecule has 0 saturated carbocycles. The molecule has 1 unspecified atom stereocenters. The summed E-state index contributed by atoms with van der Waals surface area (Å²) in [4.78, 5) is 24.9. The van der Waals surface area contributed by atoms with Gasteiger partial charge in [0.1, 0.15) is 11.6 Å². The summed E-state index contributed by atoms with van der Waals surface area (Å²) in [5.41, 5.74) is -0.557. The van der Waals surface area contributed by atoms with Crippen molar-refractivity contribution in [3.05, 3.63) is 0 Å². The van der Waals surface area contributed by atoms with Crippen molar-refractivity contribution < 1.29 is 19.4 Å². The third-order valence-corrected chi connectivity index (χ3v) is 3.33. The lowest BCUT2D eigenvalue weighted by Crippen LogP contribution is -2.54. The minimum Gasteiger partial charge on any atom is -0.480 e. The number of rotatable bonds is 3. The molecule has 2 atom stereocenters. The number of carbonyl (C=O) groups excluding carboxylic acids is 1. The fourth-order valence-electron chi connectivity index (χ4n) is 2.33. The predicted octanol–water partition coefficient (Wildman–Crippen LogP) is 2.19. The van der Waals surface area contributed by atoms with E-state index in [1.54, 1.807) is 27.7 Å². The average Bonchev–Trinajstić information content (AvgIpc) is 2.50. The van der Waals surface area contributed by atoms with Gasteiger partial charge in [-0.15, -0.1) is 0 Å². The molecule has 1 aliphatic heterocycles. The van der Waals surface area contributed by atoms with Gasteiger partial charge in [0.25, 0.3) is 0 Å². The number of carboxylic acids is 1. The van der Waals surface area contributed by atoms with Gasteiger partial charge in [-0.05, 0) is 47.0 Å². The Hall–Kier alpha value is -1.30. The standard InChI is InChI=1S/C14H26N2O4/c1-10(12(17)18)16-9-7-5-6-8-11(16)15-13(19)20-14(2,3)4/h10-11H,5-9H2,1-4H3,(H,15,19)(H,17,18)/t10?,11-/m0/s1. The quantitative estimate of drug-likeness (QED) is 0.831. The van der Waals surface area contributed by atoms with Crippen LogP contribution in [0, 0.1) is 0 Å². The number of alkyl carbamates (subject to hydrolysis) is 1. The van der Waals surface area contributed by atoms with E-state index >= 15 is 0 Å². The Morgan fingerprint density at radius 3 is 2.50 bits per heavy atom. The topological polar surface area (TPSA) is 78.9 Å². The third kappa shape index (κ3) is 5.36. The van der Waals surface area contributed by atoms with Crippen molar-refractivity contribution in [2.24, 2.45) is 0 Å². The number of hydrogen-bond acceptors (Lipinski definition) is 4. The fraction of sp³-hybridized carbons (Fsp3) is 0.857. The van der Waals surface area contributed by atoms with Crippen molar-refractivity contribution in [3.63, 3.8) is 0 Å². The Morgan fingerprint density at radius 2 is 1.95 bits per heavy atom. The molecule has 0 aliphatic carbocycles. The van der Waals surface area contributed by atoms with E-state index in [-0.39, 0.29) is 6.17 Å². The normalized spacial score (nSPS) is 22.7. The van der Waals surface area contributed by atoms with Crippen LogP contribution in [-0.4, -0.2) is 46.4 Å². The van der Waals surface area contributed by atoms with E-state index in [1.807, 2.05) is 4.90 Å². The Bertz CT molecular complexity index is 352. The summed E-state index contributed by atoms with van der Waals surface area (Å²) < 4.78 is 5.25. The molecule has 6 nitrogen and oxygen atoms in total. The molecule has 116 valence electrons. The number of likely N-dealkylation sites (tertiary alicyclic amines) is 1. The van der Waals surface area contributed by atoms with Gasteiger partial charge in [0.05, 0.1) is 6.17 Å². The van der Waals surface area contributed by atoms with Crippen LogP contribution in [0.3, 0.4) is 0 Å². The molecule has 2 N–H and O–H groups in total. The maximum absolute atomic E-state index is 11.9. The highest BCUT2D eigenvalue weighted by atomic mass is 16.6. The van der Waals surface area contributed by atoms with Crippen molar-refractivity contribution in [2.45, 2.75) is 71.2 Å². The second-order valence-corrected chi connectivity index (χ2v) is 6.26. The summed E-state index contributed by atoms with van der Waals surface area (Å²) in [7, 11) is 0. The fourth-order valence-corrected chi connectivity index (χ4v) is 2.33. The monoisotopic (exact) mass is 286 g/mol. The predicted molar refractivity (Wildman–Crippen MR) is 75.4 cm³/mol. The van der Waals surface area contributed by atoms with Gasteiger partial charge in [-0.1, -0.05) is 6.42 Å². The molecule has 0 radical (unpaired) electrons. The summed E-state index contributed by atoms with van der Waals surface area (Å²) in [5, 5.41) is 12.0. The SMILES string of the molecule is CC(C(=O)O)N1CCCCC[C@H]1NC(=O)OC(C)(C)C. The molecular weight excluding hydrogens is 260 g/mol. The van der Waals surface area contributed by atoms with Crippen LogP contribution in [0.1, 0.15) is 53.4 Å². The van der Waals surface area contributed by atoms with Crippen LogP contribution < -0.4 is 5.32 Å². The summed E-state index contributed by atoms with van der Waals surface area (Å²) in [5.74, 6) is -0.872. The van der Waals surface area contributed by atoms with Gasteiger partial charge in [-0.25, -0.2) is 4.79 Å². The Kier molecular flexibility index (Phi) is 5.80. The molecule has 1 fully saturated rings. The molecule has 1 rings (SSSR count). The Morgan fingerprint density at radius 1 is 1.30 bits per heavy atom. The highest BCUT2D eigenvalue weighted by Gasteiger charge is 2.31. The maximum Gasteiger partial charge on any atom is 0.408 e. The van der Waals surface area contributed by atoms with Crippen molar-refractivity contribution in [1.29, 1.82) is 0 Å². The van der Waals surface area contributed by atoms with E-state index in [9.17, 15) is 14.7 Å². The molecule has 0 aromatic rings. The minimum atomic E-state index is -0.872. The number of nitrogens with zero attached hydrogens (tertiary/aromatic N) is 1. The first-order valence-electron chi connectivity index (χ1n) is 7.19. The molecule has 1 heterocycles. The highest BCUT2D eigenvalue weighted by molar-refractivity contribution is 5.73. The van der Waals surface area contributed by atoms with Crippen LogP contribution in [0.4, 0.5) is 4.79 Å². The maximum atomic E-state index is 11.9. The molecule has 1 amide bonds. The molecule has 20 heavy (non-hydrogen) atoms. The van der Waals surface area contributed by atoms with E-state index in [2.05, 4.69) is 5.32 Å². The summed E-state index contributed by atoms with van der Waals surface area (Å²) in [6.07, 6.45) is 2.95. The largest absolute Gasteiger partial charge is 0.480 e. The number of nitrogens with one attached hydrogen (secondary N) is 1. The second kappa shape index (κ2) is 6.92. The first-order chi connectivity index (χ1) is 9.20. The van der Waals surface area contributed by atoms with Gasteiger partial charge in [-0.2, -0.15) is 0 Å². The van der Waals surface area contributed by atoms with Crippen LogP contribution in [0.15, 0.2) is 0 Å². The average molecular weight is 286 g/mol. The lowest BCUT2D eigenvalue weighted by atomic mass is 10.2. The van der Waals surface area contributed by atoms with Crippen LogP contribution in [0.5, 0.6) is 0 Å². The van der Waals surface area contributed by atoms with Crippen molar-refractivity contribution in [3.8, 4) is 0 Å². The number of carboxylic acid groups (broad SMARTS) is 1. The molecule has 1 saturated heterocycles. The highest BCUT2D eigenvalue weighted by Crippen LogP contribution is 2.18. The summed E-state index contributed by atoms with van der Waals surface area (Å²) >= 11 is 0. The number of aliphatic carboxylic acids is 1. The van der Waals surface area contributed by atoms with Crippen LogP contribution in [0.25, 0.3) is 0 Å². The summed E-state index contributed by atoms with van der Waals surface area (Å²) in [6.45, 7) is 7.73. The van der Waals surface area contributed by atoms with Gasteiger partial charge in [0.15, 0.2) is 0 Å². The zero-order chi connectivity index (χ0) is 15.3. The van der Waals surface area contributed by atoms with Gasteiger partial charge in [-0.3, -0.25) is 9.69 Å². The van der Waals surface area contributed by atoms with Gasteiger partial charge < -0.3 is 15.2 Å². The minimum absolute atomic E-state index is 0.279. The molecular formula is C14H26N2O4. The summed E-state index contributed by atoms with van der Waals surface area (Å²) in [6, 6.07) is -0.618. The molecule has 1 aliphatic rings. The lowest BCUT2D eigenvalue weighted by Gasteiger charge is -2.33. The van der Waals surface area contributed by atoms with E-state index in [4.69, 9.17) is 4.74 Å². The Labute approximate surface area is 120 Å². The van der Waals surface area contributed by atoms with E-state index < -0.39 is 23.7 Å². The van der Waals surface area contributed by atoms with Crippen LogP contribution >= 0.6 is 0 Å². The van der Waals surface area contributed by atoms with E-state index in [1.165, 1.54) is 0 Å². The molecule has 0 bridgehead atoms. The number of hydrogen-bond donors (Lipinski definition) is 2. The van der Waals surface area contributed by atoms with Crippen molar-refractivity contribution in [2.75, 3.05) is 6.54 Å². The van der Waals surface area contributed by atoms with Crippen molar-refractivity contribution in [1.82, 2.24) is 10.2 Å². The molecule has 0 aromatic heterocycles. The zero-order valence-electron chi connectivity index (χ0n) is 12.8. The van der Waals surface area contributed by atoms with E-state index in [0.717, 1.165) is 25.7 Å². The molecule has 0 aromatic carbocycles. The van der Waals surface area contributed by atoms with Crippen LogP contribution in [-0.2, 0) is 9.53 Å². The smallest absolute Gasteiger partial charge is 0.408 e. The zero-order valence-corrected chi connectivity index (χ0v) is 12.8. The second-order valence-electron chi connectivity index (χ2n) is 6.26. The molecule has 6 heteroatoms. The lowest BCUT2D eigenvalue weighted by molar-refractivity contribution is -0.143. The van der Waals surface area contributed by atoms with Gasteiger partial charge in [0, 0.05) is 6.54 Å².